The highest BCUT2D eigenvalue weighted by Gasteiger charge is 2.39. The summed E-state index contributed by atoms with van der Waals surface area (Å²) < 4.78 is 11.0. The molecule has 0 spiro atoms. The number of ether oxygens (including phenoxy) is 1. The minimum Gasteiger partial charge on any atom is -0.466 e. The number of hydrogen-bond donors (Lipinski definition) is 0. The third kappa shape index (κ3) is 5.50. The van der Waals surface area contributed by atoms with E-state index in [1.54, 1.807) is 13.0 Å². The number of hydrogen-bond acceptors (Lipinski definition) is 3. The quantitative estimate of drug-likeness (QED) is 0.415. The summed E-state index contributed by atoms with van der Waals surface area (Å²) in [5.74, 6) is -0.226. The molecule has 17 heavy (non-hydrogen) atoms. The van der Waals surface area contributed by atoms with Crippen molar-refractivity contribution in [1.82, 2.24) is 0 Å². The lowest BCUT2D eigenvalue weighted by atomic mass is 10.2. The van der Waals surface area contributed by atoms with E-state index < -0.39 is 8.32 Å². The predicted molar refractivity (Wildman–Crippen MR) is 73.5 cm³/mol. The van der Waals surface area contributed by atoms with Gasteiger partial charge in [0, 0.05) is 0 Å². The molecule has 0 amide bonds. The van der Waals surface area contributed by atoms with Crippen LogP contribution in [-0.4, -0.2) is 27.0 Å². The average molecular weight is 258 g/mol. The Labute approximate surface area is 106 Å². The molecule has 0 aliphatic rings. The highest BCUT2D eigenvalue weighted by Crippen LogP contribution is 2.37. The average Bonchev–Trinajstić information content (AvgIpc) is 2.14. The maximum Gasteiger partial charge on any atom is 0.308 e. The van der Waals surface area contributed by atoms with E-state index in [-0.39, 0.29) is 23.5 Å². The van der Waals surface area contributed by atoms with Crippen LogP contribution in [0.15, 0.2) is 12.7 Å². The molecule has 0 saturated heterocycles. The van der Waals surface area contributed by atoms with Gasteiger partial charge in [-0.05, 0) is 25.1 Å². The molecule has 0 saturated carbocycles. The van der Waals surface area contributed by atoms with Crippen molar-refractivity contribution in [1.29, 1.82) is 0 Å². The molecule has 0 aromatic rings. The van der Waals surface area contributed by atoms with E-state index in [4.69, 9.17) is 9.16 Å². The fraction of sp³-hybridized carbons (Fsp3) is 0.769. The molecule has 0 N–H and O–H groups in total. The minimum absolute atomic E-state index is 0.128. The first kappa shape index (κ1) is 16.4. The lowest BCUT2D eigenvalue weighted by Gasteiger charge is -2.38. The molecule has 0 heterocycles. The number of rotatable bonds is 6. The molecule has 0 fully saturated rings. The summed E-state index contributed by atoms with van der Waals surface area (Å²) in [7, 11) is -1.86. The van der Waals surface area contributed by atoms with Crippen molar-refractivity contribution in [3.8, 4) is 0 Å². The van der Waals surface area contributed by atoms with E-state index in [1.807, 2.05) is 0 Å². The van der Waals surface area contributed by atoms with Gasteiger partial charge in [0.25, 0.3) is 0 Å². The molecule has 0 unspecified atom stereocenters. The summed E-state index contributed by atoms with van der Waals surface area (Å²) in [4.78, 5) is 11.4. The molecule has 0 aromatic heterocycles. The maximum absolute atomic E-state index is 11.4. The van der Waals surface area contributed by atoms with Crippen LogP contribution in [0, 0.1) is 0 Å². The van der Waals surface area contributed by atoms with Gasteiger partial charge in [-0.3, -0.25) is 4.79 Å². The van der Waals surface area contributed by atoms with Crippen LogP contribution in [0.4, 0.5) is 0 Å². The van der Waals surface area contributed by atoms with Gasteiger partial charge in [-0.25, -0.2) is 0 Å². The second kappa shape index (κ2) is 6.35. The summed E-state index contributed by atoms with van der Waals surface area (Å²) >= 11 is 0. The van der Waals surface area contributed by atoms with Gasteiger partial charge in [-0.2, -0.15) is 0 Å². The van der Waals surface area contributed by atoms with Gasteiger partial charge in [0.2, 0.25) is 0 Å². The van der Waals surface area contributed by atoms with Crippen LogP contribution in [-0.2, 0) is 14.0 Å². The van der Waals surface area contributed by atoms with Gasteiger partial charge in [0.05, 0.1) is 19.1 Å². The van der Waals surface area contributed by atoms with E-state index >= 15 is 0 Å². The van der Waals surface area contributed by atoms with Gasteiger partial charge >= 0.3 is 5.97 Å². The van der Waals surface area contributed by atoms with Gasteiger partial charge in [0.15, 0.2) is 8.32 Å². The zero-order chi connectivity index (χ0) is 13.7. The van der Waals surface area contributed by atoms with E-state index in [9.17, 15) is 4.79 Å². The smallest absolute Gasteiger partial charge is 0.308 e. The van der Waals surface area contributed by atoms with E-state index in [0.29, 0.717) is 6.61 Å². The highest BCUT2D eigenvalue weighted by atomic mass is 28.4. The van der Waals surface area contributed by atoms with Crippen molar-refractivity contribution in [2.24, 2.45) is 0 Å². The fourth-order valence-electron chi connectivity index (χ4n) is 1.11. The Morgan fingerprint density at radius 3 is 2.29 bits per heavy atom. The summed E-state index contributed by atoms with van der Waals surface area (Å²) in [6.45, 7) is 16.8. The Balaban J connectivity index is 4.51. The van der Waals surface area contributed by atoms with Crippen LogP contribution in [0.3, 0.4) is 0 Å². The summed E-state index contributed by atoms with van der Waals surface area (Å²) in [6, 6.07) is 0. The molecule has 3 nitrogen and oxygen atoms in total. The van der Waals surface area contributed by atoms with E-state index in [1.165, 1.54) is 0 Å². The summed E-state index contributed by atoms with van der Waals surface area (Å²) in [5, 5.41) is 0.128. The molecule has 0 aliphatic heterocycles. The number of esters is 1. The monoisotopic (exact) mass is 258 g/mol. The number of carbonyl (C=O) groups excluding carboxylic acids is 1. The van der Waals surface area contributed by atoms with Crippen LogP contribution in [0.1, 0.15) is 34.1 Å². The van der Waals surface area contributed by atoms with Crippen molar-refractivity contribution in [3.63, 3.8) is 0 Å². The minimum atomic E-state index is -1.86. The van der Waals surface area contributed by atoms with Gasteiger partial charge in [-0.15, -0.1) is 6.58 Å². The van der Waals surface area contributed by atoms with Crippen LogP contribution in [0.2, 0.25) is 18.1 Å². The second-order valence-corrected chi connectivity index (χ2v) is 10.4. The Bertz CT molecular complexity index is 266. The van der Waals surface area contributed by atoms with Crippen molar-refractivity contribution in [2.75, 3.05) is 6.61 Å². The third-order valence-electron chi connectivity index (χ3n) is 3.19. The van der Waals surface area contributed by atoms with Crippen LogP contribution < -0.4 is 0 Å². The molecule has 1 atom stereocenters. The largest absolute Gasteiger partial charge is 0.466 e. The maximum atomic E-state index is 11.4. The van der Waals surface area contributed by atoms with E-state index in [0.717, 1.165) is 0 Å². The predicted octanol–water partition coefficient (Wildman–Crippen LogP) is 3.52. The van der Waals surface area contributed by atoms with Crippen molar-refractivity contribution < 1.29 is 14.0 Å². The number of carbonyl (C=O) groups is 1. The molecule has 0 aliphatic carbocycles. The third-order valence-corrected chi connectivity index (χ3v) is 7.69. The van der Waals surface area contributed by atoms with Crippen molar-refractivity contribution in [3.05, 3.63) is 12.7 Å². The standard InChI is InChI=1S/C13H26O3Si/c1-8-11(10-12(14)15-9-2)16-17(6,7)13(3,4)5/h8,11H,1,9-10H2,2-7H3/t11-/m1/s1. The first-order valence-electron chi connectivity index (χ1n) is 6.10. The molecule has 4 heteroatoms. The molecule has 0 rings (SSSR count). The molecule has 0 aromatic carbocycles. The van der Waals surface area contributed by atoms with E-state index in [2.05, 4.69) is 40.4 Å². The Morgan fingerprint density at radius 1 is 1.41 bits per heavy atom. The highest BCUT2D eigenvalue weighted by molar-refractivity contribution is 6.74. The molecular formula is C13H26O3Si. The van der Waals surface area contributed by atoms with Gasteiger partial charge < -0.3 is 9.16 Å². The first-order chi connectivity index (χ1) is 7.64. The molecule has 0 bridgehead atoms. The normalized spacial score (nSPS) is 14.2. The van der Waals surface area contributed by atoms with Crippen LogP contribution >= 0.6 is 0 Å². The second-order valence-electron chi connectivity index (χ2n) is 5.66. The molecular weight excluding hydrogens is 232 g/mol. The van der Waals surface area contributed by atoms with Gasteiger partial charge in [-0.1, -0.05) is 26.8 Å². The zero-order valence-corrected chi connectivity index (χ0v) is 13.0. The van der Waals surface area contributed by atoms with Crippen LogP contribution in [0.5, 0.6) is 0 Å². The topological polar surface area (TPSA) is 35.5 Å². The Morgan fingerprint density at radius 2 is 1.94 bits per heavy atom. The lowest BCUT2D eigenvalue weighted by molar-refractivity contribution is -0.144. The SMILES string of the molecule is C=C[C@H](CC(=O)OCC)O[Si](C)(C)C(C)(C)C. The summed E-state index contributed by atoms with van der Waals surface area (Å²) in [5.41, 5.74) is 0. The lowest BCUT2D eigenvalue weighted by Crippen LogP contribution is -2.44. The Hall–Kier alpha value is -0.613. The molecule has 0 radical (unpaired) electrons. The van der Waals surface area contributed by atoms with Crippen molar-refractivity contribution in [2.45, 2.75) is 58.4 Å². The molecule has 100 valence electrons. The first-order valence-corrected chi connectivity index (χ1v) is 9.01. The van der Waals surface area contributed by atoms with Gasteiger partial charge in [0.1, 0.15) is 0 Å². The fourth-order valence-corrected chi connectivity index (χ4v) is 2.40. The summed E-state index contributed by atoms with van der Waals surface area (Å²) in [6.07, 6.45) is 1.70. The zero-order valence-electron chi connectivity index (χ0n) is 12.0. The Kier molecular flexibility index (Phi) is 6.13. The van der Waals surface area contributed by atoms with Crippen LogP contribution in [0.25, 0.3) is 0 Å². The van der Waals surface area contributed by atoms with Crippen molar-refractivity contribution >= 4 is 14.3 Å².